The average Bonchev–Trinajstić information content (AvgIpc) is 2.33. The van der Waals surface area contributed by atoms with Crippen molar-refractivity contribution in [2.75, 3.05) is 12.0 Å². The summed E-state index contributed by atoms with van der Waals surface area (Å²) in [6.45, 7) is 4.92. The minimum absolute atomic E-state index is 0.00482. The second-order valence-corrected chi connectivity index (χ2v) is 5.52. The van der Waals surface area contributed by atoms with Crippen LogP contribution in [0.25, 0.3) is 0 Å². The van der Waals surface area contributed by atoms with E-state index in [4.69, 9.17) is 5.84 Å². The second-order valence-electron chi connectivity index (χ2n) is 5.52. The van der Waals surface area contributed by atoms with Crippen LogP contribution in [0.2, 0.25) is 0 Å². The first-order valence-electron chi connectivity index (χ1n) is 6.40. The van der Waals surface area contributed by atoms with Gasteiger partial charge in [0, 0.05) is 12.1 Å². The van der Waals surface area contributed by atoms with Gasteiger partial charge in [0.15, 0.2) is 0 Å². The van der Waals surface area contributed by atoms with E-state index in [-0.39, 0.29) is 5.91 Å². The molecule has 0 spiro atoms. The molecule has 1 aliphatic carbocycles. The molecule has 0 heterocycles. The number of hydrazine groups is 1. The van der Waals surface area contributed by atoms with Crippen molar-refractivity contribution in [3.63, 3.8) is 0 Å². The van der Waals surface area contributed by atoms with Gasteiger partial charge in [0.2, 0.25) is 0 Å². The van der Waals surface area contributed by atoms with E-state index in [0.717, 1.165) is 17.8 Å². The molecule has 4 N–H and O–H groups in total. The number of nitrogen functional groups attached to an aromatic ring is 1. The summed E-state index contributed by atoms with van der Waals surface area (Å²) in [4.78, 5) is 12.0. The highest BCUT2D eigenvalue weighted by Gasteiger charge is 2.31. The third-order valence-corrected chi connectivity index (χ3v) is 3.88. The van der Waals surface area contributed by atoms with Crippen LogP contribution in [0, 0.1) is 12.3 Å². The normalized spacial score (nSPS) is 16.8. The highest BCUT2D eigenvalue weighted by atomic mass is 16.1. The van der Waals surface area contributed by atoms with Gasteiger partial charge in [-0.15, -0.1) is 0 Å². The first kappa shape index (κ1) is 12.9. The minimum atomic E-state index is -0.00482. The summed E-state index contributed by atoms with van der Waals surface area (Å²) < 4.78 is 0. The van der Waals surface area contributed by atoms with Crippen molar-refractivity contribution in [1.82, 2.24) is 5.32 Å². The van der Waals surface area contributed by atoms with Crippen LogP contribution in [0.4, 0.5) is 5.69 Å². The number of hydrogen-bond acceptors (Lipinski definition) is 3. The standard InChI is InChI=1S/C14H21N3O/c1-10-8-11(4-5-12(10)17-15)13(18)16-9-14(2)6-3-7-14/h4-5,8,17H,3,6-7,9,15H2,1-2H3,(H,16,18). The zero-order chi connectivity index (χ0) is 13.2. The highest BCUT2D eigenvalue weighted by molar-refractivity contribution is 5.94. The molecule has 4 nitrogen and oxygen atoms in total. The number of nitrogens with two attached hydrogens (primary N) is 1. The van der Waals surface area contributed by atoms with Gasteiger partial charge in [0.1, 0.15) is 0 Å². The summed E-state index contributed by atoms with van der Waals surface area (Å²) in [5, 5.41) is 3.02. The Morgan fingerprint density at radius 1 is 1.44 bits per heavy atom. The van der Waals surface area contributed by atoms with Crippen molar-refractivity contribution in [1.29, 1.82) is 0 Å². The Bertz CT molecular complexity index is 452. The molecule has 0 bridgehead atoms. The van der Waals surface area contributed by atoms with Crippen molar-refractivity contribution in [3.8, 4) is 0 Å². The predicted molar refractivity (Wildman–Crippen MR) is 73.3 cm³/mol. The molecule has 1 aliphatic rings. The van der Waals surface area contributed by atoms with Crippen LogP contribution in [0.5, 0.6) is 0 Å². The Labute approximate surface area is 108 Å². The predicted octanol–water partition coefficient (Wildman–Crippen LogP) is 2.20. The van der Waals surface area contributed by atoms with Gasteiger partial charge >= 0.3 is 0 Å². The number of benzene rings is 1. The summed E-state index contributed by atoms with van der Waals surface area (Å²) in [5.74, 6) is 5.36. The monoisotopic (exact) mass is 247 g/mol. The molecular weight excluding hydrogens is 226 g/mol. The molecule has 1 aromatic carbocycles. The lowest BCUT2D eigenvalue weighted by Crippen LogP contribution is -2.39. The number of aryl methyl sites for hydroxylation is 1. The topological polar surface area (TPSA) is 67.2 Å². The van der Waals surface area contributed by atoms with Crippen molar-refractivity contribution in [2.24, 2.45) is 11.3 Å². The average molecular weight is 247 g/mol. The minimum Gasteiger partial charge on any atom is -0.351 e. The van der Waals surface area contributed by atoms with E-state index in [0.29, 0.717) is 11.0 Å². The van der Waals surface area contributed by atoms with Crippen LogP contribution in [-0.4, -0.2) is 12.5 Å². The molecule has 4 heteroatoms. The lowest BCUT2D eigenvalue weighted by molar-refractivity contribution is 0.0890. The van der Waals surface area contributed by atoms with Crippen LogP contribution in [-0.2, 0) is 0 Å². The van der Waals surface area contributed by atoms with Gasteiger partial charge in [0.25, 0.3) is 5.91 Å². The molecule has 1 fully saturated rings. The molecule has 0 aliphatic heterocycles. The van der Waals surface area contributed by atoms with Crippen molar-refractivity contribution in [3.05, 3.63) is 29.3 Å². The van der Waals surface area contributed by atoms with Gasteiger partial charge in [0.05, 0.1) is 5.69 Å². The molecule has 0 aromatic heterocycles. The number of amides is 1. The van der Waals surface area contributed by atoms with Gasteiger partial charge in [-0.05, 0) is 48.9 Å². The third-order valence-electron chi connectivity index (χ3n) is 3.88. The Hall–Kier alpha value is -1.55. The van der Waals surface area contributed by atoms with Crippen molar-refractivity contribution < 1.29 is 4.79 Å². The van der Waals surface area contributed by atoms with Gasteiger partial charge in [-0.1, -0.05) is 13.3 Å². The fourth-order valence-electron chi connectivity index (χ4n) is 2.32. The number of carbonyl (C=O) groups is 1. The molecule has 18 heavy (non-hydrogen) atoms. The van der Waals surface area contributed by atoms with E-state index < -0.39 is 0 Å². The zero-order valence-electron chi connectivity index (χ0n) is 11.0. The summed E-state index contributed by atoms with van der Waals surface area (Å²) >= 11 is 0. The maximum absolute atomic E-state index is 12.0. The Morgan fingerprint density at radius 3 is 2.67 bits per heavy atom. The number of nitrogens with one attached hydrogen (secondary N) is 2. The molecule has 0 atom stereocenters. The lowest BCUT2D eigenvalue weighted by Gasteiger charge is -2.38. The molecule has 0 unspecified atom stereocenters. The largest absolute Gasteiger partial charge is 0.351 e. The maximum atomic E-state index is 12.0. The number of hydrogen-bond donors (Lipinski definition) is 3. The number of anilines is 1. The molecular formula is C14H21N3O. The van der Waals surface area contributed by atoms with Crippen LogP contribution < -0.4 is 16.6 Å². The Kier molecular flexibility index (Phi) is 3.57. The SMILES string of the molecule is Cc1cc(C(=O)NCC2(C)CCC2)ccc1NN. The van der Waals surface area contributed by atoms with Gasteiger partial charge in [-0.3, -0.25) is 10.6 Å². The molecule has 98 valence electrons. The van der Waals surface area contributed by atoms with E-state index in [2.05, 4.69) is 17.7 Å². The molecule has 1 amide bonds. The van der Waals surface area contributed by atoms with Gasteiger partial charge in [-0.2, -0.15) is 0 Å². The van der Waals surface area contributed by atoms with Crippen molar-refractivity contribution in [2.45, 2.75) is 33.1 Å². The quantitative estimate of drug-likeness (QED) is 0.564. The molecule has 1 aromatic rings. The highest BCUT2D eigenvalue weighted by Crippen LogP contribution is 2.39. The van der Waals surface area contributed by atoms with Crippen LogP contribution >= 0.6 is 0 Å². The Morgan fingerprint density at radius 2 is 2.17 bits per heavy atom. The first-order valence-corrected chi connectivity index (χ1v) is 6.40. The van der Waals surface area contributed by atoms with E-state index in [1.54, 1.807) is 6.07 Å². The van der Waals surface area contributed by atoms with Gasteiger partial charge < -0.3 is 10.7 Å². The first-order chi connectivity index (χ1) is 8.54. The molecule has 0 saturated heterocycles. The van der Waals surface area contributed by atoms with Gasteiger partial charge in [-0.25, -0.2) is 0 Å². The molecule has 0 radical (unpaired) electrons. The Balaban J connectivity index is 1.98. The van der Waals surface area contributed by atoms with Crippen LogP contribution in [0.1, 0.15) is 42.1 Å². The number of carbonyl (C=O) groups excluding carboxylic acids is 1. The second kappa shape index (κ2) is 4.98. The lowest BCUT2D eigenvalue weighted by atomic mass is 9.70. The summed E-state index contributed by atoms with van der Waals surface area (Å²) in [6.07, 6.45) is 3.70. The summed E-state index contributed by atoms with van der Waals surface area (Å²) in [5.41, 5.74) is 5.42. The fraction of sp³-hybridized carbons (Fsp3) is 0.500. The summed E-state index contributed by atoms with van der Waals surface area (Å²) in [6, 6.07) is 5.48. The van der Waals surface area contributed by atoms with E-state index in [9.17, 15) is 4.79 Å². The van der Waals surface area contributed by atoms with E-state index >= 15 is 0 Å². The van der Waals surface area contributed by atoms with Crippen LogP contribution in [0.15, 0.2) is 18.2 Å². The fourth-order valence-corrected chi connectivity index (χ4v) is 2.32. The molecule has 1 saturated carbocycles. The van der Waals surface area contributed by atoms with E-state index in [1.807, 2.05) is 19.1 Å². The van der Waals surface area contributed by atoms with E-state index in [1.165, 1.54) is 19.3 Å². The smallest absolute Gasteiger partial charge is 0.251 e. The maximum Gasteiger partial charge on any atom is 0.251 e. The number of rotatable bonds is 4. The third kappa shape index (κ3) is 2.64. The summed E-state index contributed by atoms with van der Waals surface area (Å²) in [7, 11) is 0. The van der Waals surface area contributed by atoms with Crippen molar-refractivity contribution >= 4 is 11.6 Å². The van der Waals surface area contributed by atoms with Crippen LogP contribution in [0.3, 0.4) is 0 Å². The zero-order valence-corrected chi connectivity index (χ0v) is 11.0. The molecule has 2 rings (SSSR count).